The first-order valence-electron chi connectivity index (χ1n) is 7.01. The molecule has 1 aromatic carbocycles. The molecule has 104 valence electrons. The molecule has 2 aliphatic rings. The number of hydrogen-bond donors (Lipinski definition) is 1. The van der Waals surface area contributed by atoms with E-state index in [9.17, 15) is 4.39 Å². The first-order chi connectivity index (χ1) is 9.08. The molecule has 2 aliphatic heterocycles. The lowest BCUT2D eigenvalue weighted by molar-refractivity contribution is 0.0221. The van der Waals surface area contributed by atoms with E-state index in [4.69, 9.17) is 10.5 Å². The van der Waals surface area contributed by atoms with Crippen molar-refractivity contribution >= 4 is 0 Å². The second-order valence-electron chi connectivity index (χ2n) is 5.93. The summed E-state index contributed by atoms with van der Waals surface area (Å²) < 4.78 is 19.5. The number of benzene rings is 1. The standard InChI is InChI=1S/C15H21FN2O/c1-18-7-2-5-15(6-8-18)10-13(17)12-9-11(16)3-4-14(12)19-15/h3-4,9,13H,2,5-8,10,17H2,1H3/t13-,15?/m0/s1. The first-order valence-corrected chi connectivity index (χ1v) is 7.01. The van der Waals surface area contributed by atoms with Crippen LogP contribution in [0.2, 0.25) is 0 Å². The predicted octanol–water partition coefficient (Wildman–Crippen LogP) is 2.46. The van der Waals surface area contributed by atoms with Gasteiger partial charge in [-0.05, 0) is 51.1 Å². The van der Waals surface area contributed by atoms with Crippen LogP contribution >= 0.6 is 0 Å². The average Bonchev–Trinajstić information content (AvgIpc) is 2.54. The number of ether oxygens (including phenoxy) is 1. The van der Waals surface area contributed by atoms with E-state index >= 15 is 0 Å². The highest BCUT2D eigenvalue weighted by molar-refractivity contribution is 5.39. The van der Waals surface area contributed by atoms with Gasteiger partial charge < -0.3 is 15.4 Å². The van der Waals surface area contributed by atoms with Gasteiger partial charge in [0.1, 0.15) is 17.2 Å². The van der Waals surface area contributed by atoms with Crippen LogP contribution in [0.5, 0.6) is 5.75 Å². The minimum atomic E-state index is -0.241. The Hall–Kier alpha value is -1.13. The van der Waals surface area contributed by atoms with E-state index in [1.807, 2.05) is 0 Å². The van der Waals surface area contributed by atoms with Crippen molar-refractivity contribution in [2.45, 2.75) is 37.3 Å². The molecule has 2 N–H and O–H groups in total. The Morgan fingerprint density at radius 1 is 1.37 bits per heavy atom. The van der Waals surface area contributed by atoms with E-state index in [0.717, 1.165) is 50.1 Å². The zero-order chi connectivity index (χ0) is 13.5. The average molecular weight is 264 g/mol. The number of rotatable bonds is 0. The smallest absolute Gasteiger partial charge is 0.125 e. The molecule has 0 radical (unpaired) electrons. The van der Waals surface area contributed by atoms with Gasteiger partial charge in [-0.25, -0.2) is 4.39 Å². The molecule has 0 aromatic heterocycles. The molecule has 3 nitrogen and oxygen atoms in total. The van der Waals surface area contributed by atoms with Gasteiger partial charge in [-0.15, -0.1) is 0 Å². The Morgan fingerprint density at radius 2 is 2.21 bits per heavy atom. The van der Waals surface area contributed by atoms with E-state index in [-0.39, 0.29) is 17.5 Å². The molecule has 0 bridgehead atoms. The zero-order valence-electron chi connectivity index (χ0n) is 11.4. The molecule has 1 spiro atoms. The topological polar surface area (TPSA) is 38.5 Å². The molecule has 0 aliphatic carbocycles. The van der Waals surface area contributed by atoms with E-state index < -0.39 is 0 Å². The third kappa shape index (κ3) is 2.47. The molecule has 0 saturated carbocycles. The van der Waals surface area contributed by atoms with Gasteiger partial charge in [0.05, 0.1) is 0 Å². The quantitative estimate of drug-likeness (QED) is 0.782. The van der Waals surface area contributed by atoms with Gasteiger partial charge in [0.15, 0.2) is 0 Å². The Bertz CT molecular complexity index is 479. The fourth-order valence-corrected chi connectivity index (χ4v) is 3.30. The molecule has 2 heterocycles. The predicted molar refractivity (Wildman–Crippen MR) is 72.7 cm³/mol. The molecule has 0 amide bonds. The van der Waals surface area contributed by atoms with Crippen LogP contribution < -0.4 is 10.5 Å². The summed E-state index contributed by atoms with van der Waals surface area (Å²) in [6, 6.07) is 4.56. The summed E-state index contributed by atoms with van der Waals surface area (Å²) in [5.74, 6) is 0.527. The van der Waals surface area contributed by atoms with Crippen molar-refractivity contribution in [3.63, 3.8) is 0 Å². The maximum absolute atomic E-state index is 13.3. The number of nitrogens with zero attached hydrogens (tertiary/aromatic N) is 1. The van der Waals surface area contributed by atoms with Gasteiger partial charge in [0.2, 0.25) is 0 Å². The molecule has 1 unspecified atom stereocenters. The van der Waals surface area contributed by atoms with Crippen LogP contribution in [-0.4, -0.2) is 30.6 Å². The highest BCUT2D eigenvalue weighted by atomic mass is 19.1. The fraction of sp³-hybridized carbons (Fsp3) is 0.600. The molecule has 3 rings (SSSR count). The molecule has 1 saturated heterocycles. The Balaban J connectivity index is 1.89. The fourth-order valence-electron chi connectivity index (χ4n) is 3.30. The van der Waals surface area contributed by atoms with Gasteiger partial charge in [-0.1, -0.05) is 0 Å². The van der Waals surface area contributed by atoms with Crippen molar-refractivity contribution in [3.05, 3.63) is 29.6 Å². The number of nitrogens with two attached hydrogens (primary N) is 1. The third-order valence-corrected chi connectivity index (χ3v) is 4.41. The summed E-state index contributed by atoms with van der Waals surface area (Å²) >= 11 is 0. The maximum Gasteiger partial charge on any atom is 0.125 e. The molecule has 19 heavy (non-hydrogen) atoms. The summed E-state index contributed by atoms with van der Waals surface area (Å²) in [6.07, 6.45) is 3.94. The molecular weight excluding hydrogens is 243 g/mol. The van der Waals surface area contributed by atoms with Crippen LogP contribution in [-0.2, 0) is 0 Å². The number of fused-ring (bicyclic) bond motifs is 1. The molecule has 2 atom stereocenters. The Morgan fingerprint density at radius 3 is 3.05 bits per heavy atom. The normalized spacial score (nSPS) is 31.6. The highest BCUT2D eigenvalue weighted by Gasteiger charge is 2.40. The van der Waals surface area contributed by atoms with Gasteiger partial charge >= 0.3 is 0 Å². The van der Waals surface area contributed by atoms with E-state index in [0.29, 0.717) is 0 Å². The van der Waals surface area contributed by atoms with Crippen molar-refractivity contribution in [3.8, 4) is 5.75 Å². The molecule has 4 heteroatoms. The second kappa shape index (κ2) is 4.76. The van der Waals surface area contributed by atoms with Crippen LogP contribution in [0.3, 0.4) is 0 Å². The lowest BCUT2D eigenvalue weighted by Crippen LogP contribution is -2.43. The van der Waals surface area contributed by atoms with Crippen LogP contribution in [0, 0.1) is 5.82 Å². The highest BCUT2D eigenvalue weighted by Crippen LogP contribution is 2.43. The van der Waals surface area contributed by atoms with Gasteiger partial charge in [0, 0.05) is 24.6 Å². The molecule has 1 fully saturated rings. The van der Waals surface area contributed by atoms with Gasteiger partial charge in [-0.2, -0.15) is 0 Å². The minimum Gasteiger partial charge on any atom is -0.487 e. The van der Waals surface area contributed by atoms with E-state index in [1.165, 1.54) is 12.1 Å². The van der Waals surface area contributed by atoms with Crippen molar-refractivity contribution in [1.29, 1.82) is 0 Å². The first kappa shape index (κ1) is 12.9. The Kier molecular flexibility index (Phi) is 3.23. The van der Waals surface area contributed by atoms with Gasteiger partial charge in [0.25, 0.3) is 0 Å². The van der Waals surface area contributed by atoms with Crippen molar-refractivity contribution in [1.82, 2.24) is 4.90 Å². The maximum atomic E-state index is 13.3. The number of hydrogen-bond acceptors (Lipinski definition) is 3. The van der Waals surface area contributed by atoms with Crippen LogP contribution in [0.4, 0.5) is 4.39 Å². The number of halogens is 1. The molecular formula is C15H21FN2O. The van der Waals surface area contributed by atoms with Gasteiger partial charge in [-0.3, -0.25) is 0 Å². The largest absolute Gasteiger partial charge is 0.487 e. The molecule has 1 aromatic rings. The van der Waals surface area contributed by atoms with Crippen LogP contribution in [0.25, 0.3) is 0 Å². The third-order valence-electron chi connectivity index (χ3n) is 4.41. The zero-order valence-corrected chi connectivity index (χ0v) is 11.4. The van der Waals surface area contributed by atoms with Crippen molar-refractivity contribution in [2.75, 3.05) is 20.1 Å². The van der Waals surface area contributed by atoms with Crippen LogP contribution in [0.15, 0.2) is 18.2 Å². The second-order valence-corrected chi connectivity index (χ2v) is 5.93. The minimum absolute atomic E-state index is 0.122. The lowest BCUT2D eigenvalue weighted by atomic mass is 9.82. The van der Waals surface area contributed by atoms with Crippen LogP contribution in [0.1, 0.15) is 37.3 Å². The summed E-state index contributed by atoms with van der Waals surface area (Å²) in [5.41, 5.74) is 6.90. The Labute approximate surface area is 113 Å². The van der Waals surface area contributed by atoms with Crippen molar-refractivity contribution < 1.29 is 9.13 Å². The lowest BCUT2D eigenvalue weighted by Gasteiger charge is -2.41. The van der Waals surface area contributed by atoms with E-state index in [2.05, 4.69) is 11.9 Å². The SMILES string of the molecule is CN1CCCC2(CC1)C[C@H](N)c1cc(F)ccc1O2. The number of likely N-dealkylation sites (tertiary alicyclic amines) is 1. The summed E-state index contributed by atoms with van der Waals surface area (Å²) in [7, 11) is 2.14. The monoisotopic (exact) mass is 264 g/mol. The summed E-state index contributed by atoms with van der Waals surface area (Å²) in [4.78, 5) is 2.34. The van der Waals surface area contributed by atoms with Crippen molar-refractivity contribution in [2.24, 2.45) is 5.73 Å². The summed E-state index contributed by atoms with van der Waals surface area (Å²) in [6.45, 7) is 2.14. The van der Waals surface area contributed by atoms with E-state index in [1.54, 1.807) is 6.07 Å². The summed E-state index contributed by atoms with van der Waals surface area (Å²) in [5, 5.41) is 0.